The minimum Gasteiger partial charge on any atom is -0.458 e. The van der Waals surface area contributed by atoms with Crippen LogP contribution < -0.4 is 5.32 Å². The molecular formula is C20H21NO3S. The lowest BCUT2D eigenvalue weighted by Gasteiger charge is -2.21. The lowest BCUT2D eigenvalue weighted by molar-refractivity contribution is -0.119. The molecule has 1 atom stereocenters. The number of hydrogen-bond acceptors (Lipinski definition) is 4. The first kappa shape index (κ1) is 17.6. The molecule has 0 radical (unpaired) electrons. The predicted octanol–water partition coefficient (Wildman–Crippen LogP) is 3.69. The zero-order valence-corrected chi connectivity index (χ0v) is 14.9. The second-order valence-electron chi connectivity index (χ2n) is 6.18. The molecule has 0 spiro atoms. The summed E-state index contributed by atoms with van der Waals surface area (Å²) in [6.07, 6.45) is 0. The van der Waals surface area contributed by atoms with Gasteiger partial charge in [-0.05, 0) is 24.6 Å². The standard InChI is InChI=1S/C20H21NO3S/c1-20(23,18-11-16-9-5-6-10-17(16)24-18)14-21-19(22)13-25-12-15-7-3-2-4-8-15/h2-11,23H,12-14H2,1H3,(H,21,22). The molecule has 2 aromatic carbocycles. The van der Waals surface area contributed by atoms with Crippen molar-refractivity contribution in [1.29, 1.82) is 0 Å². The summed E-state index contributed by atoms with van der Waals surface area (Å²) >= 11 is 1.55. The van der Waals surface area contributed by atoms with Crippen LogP contribution in [0.2, 0.25) is 0 Å². The molecular weight excluding hydrogens is 334 g/mol. The molecule has 0 saturated heterocycles. The number of hydrogen-bond donors (Lipinski definition) is 2. The van der Waals surface area contributed by atoms with Crippen molar-refractivity contribution in [3.05, 3.63) is 72.0 Å². The van der Waals surface area contributed by atoms with Gasteiger partial charge in [0.2, 0.25) is 5.91 Å². The topological polar surface area (TPSA) is 62.5 Å². The maximum atomic E-state index is 12.0. The number of amides is 1. The van der Waals surface area contributed by atoms with Crippen LogP contribution in [0.4, 0.5) is 0 Å². The Bertz CT molecular complexity index is 809. The first-order valence-electron chi connectivity index (χ1n) is 8.14. The highest BCUT2D eigenvalue weighted by Gasteiger charge is 2.28. The van der Waals surface area contributed by atoms with Gasteiger partial charge >= 0.3 is 0 Å². The Hall–Kier alpha value is -2.24. The Balaban J connectivity index is 1.50. The number of thioether (sulfide) groups is 1. The lowest BCUT2D eigenvalue weighted by Crippen LogP contribution is -2.39. The molecule has 0 aliphatic carbocycles. The van der Waals surface area contributed by atoms with Crippen molar-refractivity contribution in [2.75, 3.05) is 12.3 Å². The van der Waals surface area contributed by atoms with Crippen molar-refractivity contribution in [1.82, 2.24) is 5.32 Å². The van der Waals surface area contributed by atoms with Gasteiger partial charge in [0, 0.05) is 11.1 Å². The Kier molecular flexibility index (Phi) is 5.46. The van der Waals surface area contributed by atoms with Crippen LogP contribution in [0.25, 0.3) is 11.0 Å². The molecule has 25 heavy (non-hydrogen) atoms. The summed E-state index contributed by atoms with van der Waals surface area (Å²) in [4.78, 5) is 12.0. The van der Waals surface area contributed by atoms with Gasteiger partial charge in [-0.1, -0.05) is 48.5 Å². The number of rotatable bonds is 7. The van der Waals surface area contributed by atoms with Crippen molar-refractivity contribution in [3.8, 4) is 0 Å². The zero-order valence-electron chi connectivity index (χ0n) is 14.1. The summed E-state index contributed by atoms with van der Waals surface area (Å²) in [5, 5.41) is 14.3. The van der Waals surface area contributed by atoms with E-state index in [0.717, 1.165) is 16.7 Å². The molecule has 1 unspecified atom stereocenters. The minimum absolute atomic E-state index is 0.0997. The van der Waals surface area contributed by atoms with Crippen LogP contribution in [0.5, 0.6) is 0 Å². The molecule has 2 N–H and O–H groups in total. The maximum absolute atomic E-state index is 12.0. The molecule has 3 aromatic rings. The first-order chi connectivity index (χ1) is 12.0. The van der Waals surface area contributed by atoms with Gasteiger partial charge < -0.3 is 14.8 Å². The van der Waals surface area contributed by atoms with Gasteiger partial charge in [-0.3, -0.25) is 4.79 Å². The number of aliphatic hydroxyl groups is 1. The highest BCUT2D eigenvalue weighted by molar-refractivity contribution is 7.99. The van der Waals surface area contributed by atoms with Crippen molar-refractivity contribution >= 4 is 28.6 Å². The van der Waals surface area contributed by atoms with E-state index in [1.54, 1.807) is 18.7 Å². The van der Waals surface area contributed by atoms with Gasteiger partial charge in [-0.15, -0.1) is 11.8 Å². The molecule has 5 heteroatoms. The summed E-state index contributed by atoms with van der Waals surface area (Å²) in [6, 6.07) is 19.4. The Morgan fingerprint density at radius 1 is 1.16 bits per heavy atom. The van der Waals surface area contributed by atoms with Crippen LogP contribution in [-0.2, 0) is 16.1 Å². The van der Waals surface area contributed by atoms with E-state index in [1.807, 2.05) is 60.7 Å². The Labute approximate surface area is 151 Å². The van der Waals surface area contributed by atoms with Crippen molar-refractivity contribution in [2.24, 2.45) is 0 Å². The number of carbonyl (C=O) groups is 1. The van der Waals surface area contributed by atoms with E-state index >= 15 is 0 Å². The number of nitrogens with one attached hydrogen (secondary N) is 1. The van der Waals surface area contributed by atoms with Crippen molar-refractivity contribution < 1.29 is 14.3 Å². The van der Waals surface area contributed by atoms with Crippen LogP contribution in [0.15, 0.2) is 65.1 Å². The normalized spacial score (nSPS) is 13.5. The average molecular weight is 355 g/mol. The largest absolute Gasteiger partial charge is 0.458 e. The molecule has 130 valence electrons. The van der Waals surface area contributed by atoms with Gasteiger partial charge in [0.15, 0.2) is 0 Å². The van der Waals surface area contributed by atoms with E-state index < -0.39 is 5.60 Å². The summed E-state index contributed by atoms with van der Waals surface area (Å²) in [7, 11) is 0. The third kappa shape index (κ3) is 4.65. The third-order valence-electron chi connectivity index (χ3n) is 3.93. The smallest absolute Gasteiger partial charge is 0.230 e. The predicted molar refractivity (Wildman–Crippen MR) is 101 cm³/mol. The van der Waals surface area contributed by atoms with Crippen LogP contribution in [0.1, 0.15) is 18.2 Å². The molecule has 0 fully saturated rings. The van der Waals surface area contributed by atoms with E-state index in [9.17, 15) is 9.90 Å². The lowest BCUT2D eigenvalue weighted by atomic mass is 10.0. The SMILES string of the molecule is CC(O)(CNC(=O)CSCc1ccccc1)c1cc2ccccc2o1. The molecule has 0 aliphatic rings. The van der Waals surface area contributed by atoms with E-state index in [0.29, 0.717) is 11.5 Å². The Morgan fingerprint density at radius 2 is 1.88 bits per heavy atom. The van der Waals surface area contributed by atoms with Gasteiger partial charge in [0.05, 0.1) is 12.3 Å². The second kappa shape index (κ2) is 7.76. The van der Waals surface area contributed by atoms with Gasteiger partial charge in [-0.25, -0.2) is 0 Å². The quantitative estimate of drug-likeness (QED) is 0.678. The molecule has 1 aromatic heterocycles. The van der Waals surface area contributed by atoms with Gasteiger partial charge in [0.25, 0.3) is 0 Å². The van der Waals surface area contributed by atoms with Gasteiger partial charge in [0.1, 0.15) is 16.9 Å². The number of benzene rings is 2. The fourth-order valence-electron chi connectivity index (χ4n) is 2.49. The van der Waals surface area contributed by atoms with E-state index in [2.05, 4.69) is 5.32 Å². The molecule has 1 heterocycles. The molecule has 0 bridgehead atoms. The van der Waals surface area contributed by atoms with E-state index in [-0.39, 0.29) is 12.5 Å². The number of furan rings is 1. The zero-order chi connectivity index (χ0) is 17.7. The summed E-state index contributed by atoms with van der Waals surface area (Å²) in [6.45, 7) is 1.75. The van der Waals surface area contributed by atoms with Crippen LogP contribution in [-0.4, -0.2) is 23.3 Å². The monoisotopic (exact) mass is 355 g/mol. The molecule has 4 nitrogen and oxygen atoms in total. The van der Waals surface area contributed by atoms with E-state index in [4.69, 9.17) is 4.42 Å². The summed E-state index contributed by atoms with van der Waals surface area (Å²) in [5.41, 5.74) is 0.663. The van der Waals surface area contributed by atoms with E-state index in [1.165, 1.54) is 5.56 Å². The Morgan fingerprint density at radius 3 is 2.64 bits per heavy atom. The molecule has 3 rings (SSSR count). The van der Waals surface area contributed by atoms with Crippen molar-refractivity contribution in [2.45, 2.75) is 18.3 Å². The average Bonchev–Trinajstić information content (AvgIpc) is 3.06. The van der Waals surface area contributed by atoms with Crippen LogP contribution in [0.3, 0.4) is 0 Å². The van der Waals surface area contributed by atoms with Crippen LogP contribution in [0, 0.1) is 0 Å². The minimum atomic E-state index is -1.25. The molecule has 1 amide bonds. The number of carbonyl (C=O) groups excluding carboxylic acids is 1. The van der Waals surface area contributed by atoms with Gasteiger partial charge in [-0.2, -0.15) is 0 Å². The third-order valence-corrected chi connectivity index (χ3v) is 4.93. The first-order valence-corrected chi connectivity index (χ1v) is 9.30. The van der Waals surface area contributed by atoms with Crippen LogP contribution >= 0.6 is 11.8 Å². The fraction of sp³-hybridized carbons (Fsp3) is 0.250. The summed E-state index contributed by atoms with van der Waals surface area (Å²) in [5.74, 6) is 1.49. The summed E-state index contributed by atoms with van der Waals surface area (Å²) < 4.78 is 5.70. The highest BCUT2D eigenvalue weighted by Crippen LogP contribution is 2.27. The second-order valence-corrected chi connectivity index (χ2v) is 7.16. The number of para-hydroxylation sites is 1. The molecule has 0 aliphatic heterocycles. The van der Waals surface area contributed by atoms with Crippen molar-refractivity contribution in [3.63, 3.8) is 0 Å². The maximum Gasteiger partial charge on any atom is 0.230 e. The fourth-order valence-corrected chi connectivity index (χ4v) is 3.31. The highest BCUT2D eigenvalue weighted by atomic mass is 32.2. The molecule has 0 saturated carbocycles. The number of fused-ring (bicyclic) bond motifs is 1.